The molecular weight excluding hydrogens is 446 g/mol. The number of hydrogen-bond acceptors (Lipinski definition) is 3. The normalized spacial score (nSPS) is 15.4. The van der Waals surface area contributed by atoms with Crippen molar-refractivity contribution in [3.63, 3.8) is 0 Å². The van der Waals surface area contributed by atoms with E-state index in [9.17, 15) is 9.59 Å². The maximum Gasteiger partial charge on any atom is 0.417 e. The van der Waals surface area contributed by atoms with E-state index in [0.717, 1.165) is 30.4 Å². The Morgan fingerprint density at radius 2 is 1.19 bits per heavy atom. The Hall–Kier alpha value is -2.62. The van der Waals surface area contributed by atoms with E-state index in [1.807, 2.05) is 36.4 Å². The molecule has 2 amide bonds. The lowest BCUT2D eigenvalue weighted by Crippen LogP contribution is -2.42. The Bertz CT molecular complexity index is 843. The van der Waals surface area contributed by atoms with Crippen molar-refractivity contribution in [2.75, 3.05) is 6.61 Å². The third kappa shape index (κ3) is 8.80. The maximum atomic E-state index is 13.2. The molecule has 0 aromatic heterocycles. The lowest BCUT2D eigenvalue weighted by Gasteiger charge is -2.29. The van der Waals surface area contributed by atoms with Crippen LogP contribution >= 0.6 is 0 Å². The molecule has 2 aromatic rings. The third-order valence-corrected chi connectivity index (χ3v) is 7.37. The van der Waals surface area contributed by atoms with Crippen LogP contribution in [0.15, 0.2) is 60.7 Å². The highest BCUT2D eigenvalue weighted by Gasteiger charge is 2.43. The molecule has 0 saturated carbocycles. The molecule has 0 spiro atoms. The van der Waals surface area contributed by atoms with Gasteiger partial charge < -0.3 is 4.74 Å². The zero-order valence-corrected chi connectivity index (χ0v) is 22.2. The van der Waals surface area contributed by atoms with Gasteiger partial charge >= 0.3 is 6.09 Å². The fourth-order valence-corrected chi connectivity index (χ4v) is 5.34. The van der Waals surface area contributed by atoms with Crippen molar-refractivity contribution in [3.05, 3.63) is 71.8 Å². The topological polar surface area (TPSA) is 46.6 Å². The van der Waals surface area contributed by atoms with Gasteiger partial charge in [-0.15, -0.1) is 0 Å². The van der Waals surface area contributed by atoms with E-state index >= 15 is 0 Å². The summed E-state index contributed by atoms with van der Waals surface area (Å²) in [5.41, 5.74) is 2.18. The minimum atomic E-state index is -0.503. The van der Waals surface area contributed by atoms with Gasteiger partial charge in [0.2, 0.25) is 5.91 Å². The van der Waals surface area contributed by atoms with Crippen LogP contribution in [0.3, 0.4) is 0 Å². The molecule has 196 valence electrons. The summed E-state index contributed by atoms with van der Waals surface area (Å²) < 4.78 is 5.41. The lowest BCUT2D eigenvalue weighted by molar-refractivity contribution is -0.129. The molecule has 4 nitrogen and oxygen atoms in total. The first kappa shape index (κ1) is 28.0. The number of unbranched alkanes of at least 4 members (excludes halogenated alkanes) is 12. The van der Waals surface area contributed by atoms with Crippen LogP contribution in [0.5, 0.6) is 0 Å². The fraction of sp³-hybridized carbons (Fsp3) is 0.562. The van der Waals surface area contributed by atoms with Gasteiger partial charge in [0.25, 0.3) is 0 Å². The molecule has 0 radical (unpaired) electrons. The van der Waals surface area contributed by atoms with E-state index in [-0.39, 0.29) is 24.5 Å². The Morgan fingerprint density at radius 1 is 0.750 bits per heavy atom. The summed E-state index contributed by atoms with van der Waals surface area (Å²) in [6.45, 7) is 2.50. The minimum Gasteiger partial charge on any atom is -0.447 e. The number of cyclic esters (lactones) is 1. The van der Waals surface area contributed by atoms with Crippen LogP contribution in [0.4, 0.5) is 4.79 Å². The van der Waals surface area contributed by atoms with Crippen LogP contribution < -0.4 is 0 Å². The van der Waals surface area contributed by atoms with Crippen LogP contribution in [-0.2, 0) is 9.53 Å². The first-order chi connectivity index (χ1) is 17.7. The number of imide groups is 1. The summed E-state index contributed by atoms with van der Waals surface area (Å²) in [4.78, 5) is 27.2. The maximum absolute atomic E-state index is 13.2. The molecule has 1 saturated heterocycles. The summed E-state index contributed by atoms with van der Waals surface area (Å²) in [5, 5.41) is 0. The Morgan fingerprint density at radius 3 is 1.67 bits per heavy atom. The predicted molar refractivity (Wildman–Crippen MR) is 147 cm³/mol. The average Bonchev–Trinajstić information content (AvgIpc) is 3.29. The second kappa shape index (κ2) is 16.2. The number of nitrogens with zero attached hydrogens (tertiary/aromatic N) is 1. The van der Waals surface area contributed by atoms with E-state index in [2.05, 4.69) is 31.2 Å². The van der Waals surface area contributed by atoms with E-state index in [4.69, 9.17) is 4.74 Å². The number of ether oxygens (including phenoxy) is 1. The third-order valence-electron chi connectivity index (χ3n) is 7.37. The van der Waals surface area contributed by atoms with Crippen LogP contribution in [0.1, 0.15) is 114 Å². The molecule has 36 heavy (non-hydrogen) atoms. The van der Waals surface area contributed by atoms with Gasteiger partial charge in [-0.3, -0.25) is 4.79 Å². The predicted octanol–water partition coefficient (Wildman–Crippen LogP) is 8.65. The first-order valence-electron chi connectivity index (χ1n) is 14.3. The van der Waals surface area contributed by atoms with Crippen molar-refractivity contribution in [1.82, 2.24) is 4.90 Å². The number of carbonyl (C=O) groups excluding carboxylic acids is 2. The quantitative estimate of drug-likeness (QED) is 0.208. The van der Waals surface area contributed by atoms with Gasteiger partial charge in [-0.1, -0.05) is 145 Å². The molecule has 1 heterocycles. The summed E-state index contributed by atoms with van der Waals surface area (Å²) in [7, 11) is 0. The second-order valence-corrected chi connectivity index (χ2v) is 10.2. The molecule has 0 bridgehead atoms. The standard InChI is InChI=1S/C32H45NO3/c1-2-3-4-5-6-7-8-9-10-11-12-13-20-25-30(34)33-29(26-36-32(33)35)31(27-21-16-14-17-22-27)28-23-18-15-19-24-28/h14-19,21-24,29,31H,2-13,20,25-26H2,1H3/t29-/m0/s1. The van der Waals surface area contributed by atoms with Crippen molar-refractivity contribution >= 4 is 12.0 Å². The average molecular weight is 492 g/mol. The smallest absolute Gasteiger partial charge is 0.417 e. The molecule has 0 unspecified atom stereocenters. The van der Waals surface area contributed by atoms with Gasteiger partial charge in [-0.2, -0.15) is 0 Å². The molecule has 1 aliphatic rings. The highest BCUT2D eigenvalue weighted by molar-refractivity contribution is 5.93. The molecule has 0 N–H and O–H groups in total. The number of amides is 2. The summed E-state index contributed by atoms with van der Waals surface area (Å²) in [6, 6.07) is 19.9. The molecule has 0 aliphatic carbocycles. The largest absolute Gasteiger partial charge is 0.447 e. The lowest BCUT2D eigenvalue weighted by atomic mass is 9.84. The summed E-state index contributed by atoms with van der Waals surface area (Å²) in [5.74, 6) is -0.211. The molecule has 1 aliphatic heterocycles. The highest BCUT2D eigenvalue weighted by Crippen LogP contribution is 2.34. The number of carbonyl (C=O) groups is 2. The molecule has 4 heteroatoms. The molecule has 3 rings (SSSR count). The minimum absolute atomic E-state index is 0.102. The summed E-state index contributed by atoms with van der Waals surface area (Å²) in [6.07, 6.45) is 16.4. The van der Waals surface area contributed by atoms with Crippen molar-refractivity contribution in [2.24, 2.45) is 0 Å². The van der Waals surface area contributed by atoms with Gasteiger partial charge in [0, 0.05) is 12.3 Å². The fourth-order valence-electron chi connectivity index (χ4n) is 5.34. The first-order valence-corrected chi connectivity index (χ1v) is 14.3. The molecule has 1 atom stereocenters. The monoisotopic (exact) mass is 491 g/mol. The Labute approximate surface area is 218 Å². The highest BCUT2D eigenvalue weighted by atomic mass is 16.6. The van der Waals surface area contributed by atoms with Gasteiger partial charge in [0.1, 0.15) is 6.61 Å². The van der Waals surface area contributed by atoms with Crippen LogP contribution in [0.2, 0.25) is 0 Å². The van der Waals surface area contributed by atoms with Gasteiger partial charge in [-0.25, -0.2) is 9.69 Å². The zero-order valence-electron chi connectivity index (χ0n) is 22.2. The van der Waals surface area contributed by atoms with Gasteiger partial charge in [0.15, 0.2) is 0 Å². The van der Waals surface area contributed by atoms with E-state index in [1.165, 1.54) is 69.1 Å². The Kier molecular flexibility index (Phi) is 12.6. The molecule has 1 fully saturated rings. The molecule has 2 aromatic carbocycles. The number of benzene rings is 2. The van der Waals surface area contributed by atoms with E-state index in [1.54, 1.807) is 0 Å². The van der Waals surface area contributed by atoms with Crippen molar-refractivity contribution in [1.29, 1.82) is 0 Å². The van der Waals surface area contributed by atoms with Gasteiger partial charge in [-0.05, 0) is 17.5 Å². The second-order valence-electron chi connectivity index (χ2n) is 10.2. The molecular formula is C32H45NO3. The number of hydrogen-bond donors (Lipinski definition) is 0. The Balaban J connectivity index is 1.42. The number of rotatable bonds is 17. The van der Waals surface area contributed by atoms with Crippen LogP contribution in [0.25, 0.3) is 0 Å². The van der Waals surface area contributed by atoms with Crippen LogP contribution in [0, 0.1) is 0 Å². The van der Waals surface area contributed by atoms with Gasteiger partial charge in [0.05, 0.1) is 6.04 Å². The SMILES string of the molecule is CCCCCCCCCCCCCCCC(=O)N1C(=O)OC[C@H]1C(c1ccccc1)c1ccccc1. The van der Waals surface area contributed by atoms with Crippen LogP contribution in [-0.4, -0.2) is 29.5 Å². The van der Waals surface area contributed by atoms with Crippen molar-refractivity contribution in [2.45, 2.75) is 109 Å². The zero-order chi connectivity index (χ0) is 25.4. The van der Waals surface area contributed by atoms with Crippen molar-refractivity contribution < 1.29 is 14.3 Å². The van der Waals surface area contributed by atoms with Crippen molar-refractivity contribution in [3.8, 4) is 0 Å². The van der Waals surface area contributed by atoms with E-state index < -0.39 is 6.09 Å². The van der Waals surface area contributed by atoms with E-state index in [0.29, 0.717) is 6.42 Å². The summed E-state index contributed by atoms with van der Waals surface area (Å²) >= 11 is 0.